The molecule has 3 N–H and O–H groups in total. The Hall–Kier alpha value is -2.67. The average molecular weight is 463 g/mol. The quantitative estimate of drug-likeness (QED) is 0.483. The molecule has 2 aromatic heterocycles. The molecule has 1 saturated carbocycles. The van der Waals surface area contributed by atoms with Crippen LogP contribution >= 0.6 is 11.3 Å². The van der Waals surface area contributed by atoms with Gasteiger partial charge in [0.2, 0.25) is 5.91 Å². The van der Waals surface area contributed by atoms with Gasteiger partial charge < -0.3 is 10.4 Å². The van der Waals surface area contributed by atoms with E-state index in [1.807, 2.05) is 25.3 Å². The molecule has 2 heterocycles. The summed E-state index contributed by atoms with van der Waals surface area (Å²) in [5, 5.41) is 21.4. The molecule has 0 saturated heterocycles. The molecule has 1 fully saturated rings. The van der Waals surface area contributed by atoms with Crippen LogP contribution in [0.1, 0.15) is 78.1 Å². The third-order valence-corrected chi connectivity index (χ3v) is 9.41. The SMILES string of the molecule is Cc1cnc(NC(=O)CC[C@@H]2c3cn[nH]c3[C@@]3(C)CCC4c5ccc(O)cc5CCC4C23)s1. The van der Waals surface area contributed by atoms with Crippen LogP contribution in [0.2, 0.25) is 0 Å². The van der Waals surface area contributed by atoms with E-state index in [1.165, 1.54) is 33.7 Å². The molecular weight excluding hydrogens is 432 g/mol. The van der Waals surface area contributed by atoms with Crippen LogP contribution < -0.4 is 5.32 Å². The van der Waals surface area contributed by atoms with Gasteiger partial charge >= 0.3 is 0 Å². The molecule has 172 valence electrons. The van der Waals surface area contributed by atoms with Crippen molar-refractivity contribution >= 4 is 22.4 Å². The van der Waals surface area contributed by atoms with E-state index < -0.39 is 0 Å². The predicted molar refractivity (Wildman–Crippen MR) is 129 cm³/mol. The minimum absolute atomic E-state index is 0.0415. The van der Waals surface area contributed by atoms with Gasteiger partial charge in [0.05, 0.1) is 6.20 Å². The van der Waals surface area contributed by atoms with Gasteiger partial charge in [-0.1, -0.05) is 13.0 Å². The van der Waals surface area contributed by atoms with Crippen LogP contribution in [0, 0.1) is 18.8 Å². The third kappa shape index (κ3) is 3.31. The summed E-state index contributed by atoms with van der Waals surface area (Å²) < 4.78 is 0. The van der Waals surface area contributed by atoms with Crippen LogP contribution in [0.4, 0.5) is 5.13 Å². The summed E-state index contributed by atoms with van der Waals surface area (Å²) in [4.78, 5) is 18.1. The van der Waals surface area contributed by atoms with Crippen molar-refractivity contribution in [1.82, 2.24) is 15.2 Å². The number of benzene rings is 1. The van der Waals surface area contributed by atoms with Crippen LogP contribution in [0.15, 0.2) is 30.6 Å². The number of aromatic nitrogens is 3. The van der Waals surface area contributed by atoms with E-state index in [4.69, 9.17) is 0 Å². The molecule has 6 nitrogen and oxygen atoms in total. The minimum atomic E-state index is 0.0415. The lowest BCUT2D eigenvalue weighted by Gasteiger charge is -2.50. The van der Waals surface area contributed by atoms with Crippen LogP contribution in [-0.4, -0.2) is 26.2 Å². The molecule has 7 heteroatoms. The molecule has 3 aliphatic carbocycles. The number of carbonyl (C=O) groups is 1. The summed E-state index contributed by atoms with van der Waals surface area (Å²) in [6.07, 6.45) is 9.55. The minimum Gasteiger partial charge on any atom is -0.508 e. The Bertz CT molecular complexity index is 1220. The molecule has 0 spiro atoms. The highest BCUT2D eigenvalue weighted by atomic mass is 32.1. The van der Waals surface area contributed by atoms with Gasteiger partial charge in [0.1, 0.15) is 5.75 Å². The van der Waals surface area contributed by atoms with Crippen molar-refractivity contribution in [2.24, 2.45) is 11.8 Å². The molecule has 1 amide bonds. The molecule has 0 aliphatic heterocycles. The Kier molecular flexibility index (Phi) is 4.87. The molecule has 1 aromatic carbocycles. The van der Waals surface area contributed by atoms with Crippen molar-refractivity contribution in [3.05, 3.63) is 57.9 Å². The second kappa shape index (κ2) is 7.69. The number of phenols is 1. The van der Waals surface area contributed by atoms with Crippen LogP contribution in [0.3, 0.4) is 0 Å². The number of phenolic OH excluding ortho intramolecular Hbond substituents is 1. The topological polar surface area (TPSA) is 90.9 Å². The van der Waals surface area contributed by atoms with Crippen molar-refractivity contribution in [3.63, 3.8) is 0 Å². The van der Waals surface area contributed by atoms with Crippen molar-refractivity contribution in [1.29, 1.82) is 0 Å². The normalized spacial score (nSPS) is 29.6. The summed E-state index contributed by atoms with van der Waals surface area (Å²) >= 11 is 1.52. The number of aryl methyl sites for hydroxylation is 2. The van der Waals surface area contributed by atoms with Crippen molar-refractivity contribution in [2.75, 3.05) is 5.32 Å². The lowest BCUT2D eigenvalue weighted by Crippen LogP contribution is -2.44. The second-order valence-corrected chi connectivity index (χ2v) is 11.6. The first-order valence-electron chi connectivity index (χ1n) is 12.0. The monoisotopic (exact) mass is 462 g/mol. The smallest absolute Gasteiger partial charge is 0.226 e. The number of fused-ring (bicyclic) bond motifs is 7. The lowest BCUT2D eigenvalue weighted by atomic mass is 9.53. The summed E-state index contributed by atoms with van der Waals surface area (Å²) in [7, 11) is 0. The molecular formula is C26H30N4O2S. The Morgan fingerprint density at radius 3 is 3.00 bits per heavy atom. The maximum Gasteiger partial charge on any atom is 0.226 e. The van der Waals surface area contributed by atoms with E-state index in [0.717, 1.165) is 37.0 Å². The number of hydrogen-bond donors (Lipinski definition) is 3. The van der Waals surface area contributed by atoms with E-state index in [1.54, 1.807) is 6.20 Å². The Balaban J connectivity index is 1.27. The van der Waals surface area contributed by atoms with Crippen molar-refractivity contribution in [3.8, 4) is 5.75 Å². The van der Waals surface area contributed by atoms with Crippen LogP contribution in [0.5, 0.6) is 5.75 Å². The number of anilines is 1. The van der Waals surface area contributed by atoms with Gasteiger partial charge in [0.25, 0.3) is 0 Å². The van der Waals surface area contributed by atoms with Gasteiger partial charge in [-0.2, -0.15) is 5.10 Å². The number of hydrogen-bond acceptors (Lipinski definition) is 5. The fourth-order valence-corrected chi connectivity index (χ4v) is 7.98. The Morgan fingerprint density at radius 2 is 2.18 bits per heavy atom. The molecule has 3 aliphatic rings. The molecule has 0 radical (unpaired) electrons. The number of amides is 1. The first kappa shape index (κ1) is 20.9. The van der Waals surface area contributed by atoms with Gasteiger partial charge in [-0.05, 0) is 91.5 Å². The zero-order valence-corrected chi connectivity index (χ0v) is 19.9. The summed E-state index contributed by atoms with van der Waals surface area (Å²) in [6, 6.07) is 5.96. The molecule has 6 rings (SSSR count). The van der Waals surface area contributed by atoms with Gasteiger partial charge in [-0.3, -0.25) is 9.89 Å². The number of carbonyl (C=O) groups excluding carboxylic acids is 1. The van der Waals surface area contributed by atoms with E-state index in [9.17, 15) is 9.90 Å². The molecule has 3 aromatic rings. The number of aromatic amines is 1. The maximum absolute atomic E-state index is 12.8. The predicted octanol–water partition coefficient (Wildman–Crippen LogP) is 5.41. The zero-order chi connectivity index (χ0) is 22.7. The van der Waals surface area contributed by atoms with Gasteiger partial charge in [0, 0.05) is 28.6 Å². The number of thiazole rings is 1. The Labute approximate surface area is 197 Å². The number of nitrogens with one attached hydrogen (secondary N) is 2. The van der Waals surface area contributed by atoms with E-state index in [2.05, 4.69) is 33.5 Å². The van der Waals surface area contributed by atoms with E-state index in [-0.39, 0.29) is 11.3 Å². The van der Waals surface area contributed by atoms with Gasteiger partial charge in [-0.25, -0.2) is 4.98 Å². The fraction of sp³-hybridized carbons (Fsp3) is 0.500. The highest BCUT2D eigenvalue weighted by Gasteiger charge is 2.57. The van der Waals surface area contributed by atoms with E-state index in [0.29, 0.717) is 41.0 Å². The molecule has 5 atom stereocenters. The maximum atomic E-state index is 12.8. The number of aromatic hydroxyl groups is 1. The number of H-pyrrole nitrogens is 1. The number of rotatable bonds is 4. The first-order chi connectivity index (χ1) is 15.9. The third-order valence-electron chi connectivity index (χ3n) is 8.58. The van der Waals surface area contributed by atoms with Crippen molar-refractivity contribution in [2.45, 2.75) is 69.6 Å². The number of nitrogens with zero attached hydrogens (tertiary/aromatic N) is 2. The summed E-state index contributed by atoms with van der Waals surface area (Å²) in [5.74, 6) is 2.35. The van der Waals surface area contributed by atoms with E-state index >= 15 is 0 Å². The highest BCUT2D eigenvalue weighted by Crippen LogP contribution is 2.64. The highest BCUT2D eigenvalue weighted by molar-refractivity contribution is 7.15. The average Bonchev–Trinajstić information content (AvgIpc) is 3.48. The van der Waals surface area contributed by atoms with Crippen LogP contribution in [-0.2, 0) is 16.6 Å². The Morgan fingerprint density at radius 1 is 1.30 bits per heavy atom. The fourth-order valence-electron chi connectivity index (χ4n) is 7.30. The summed E-state index contributed by atoms with van der Waals surface area (Å²) in [6.45, 7) is 4.41. The van der Waals surface area contributed by atoms with Crippen molar-refractivity contribution < 1.29 is 9.90 Å². The standard InChI is InChI=1S/C26H30N4O2S/c1-14-12-27-25(33-14)29-22(32)8-7-20-21-13-28-30-24(21)26(2)10-9-18-17-6-4-16(31)11-15(17)3-5-19(18)23(20)26/h4,6,11-13,18-20,23,31H,3,5,7-10H2,1-2H3,(H,28,30)(H,27,29,32)/t18?,19?,20-,23?,26+/m1/s1. The zero-order valence-electron chi connectivity index (χ0n) is 19.1. The van der Waals surface area contributed by atoms with Gasteiger partial charge in [-0.15, -0.1) is 11.3 Å². The second-order valence-electron chi connectivity index (χ2n) is 10.3. The molecule has 0 bridgehead atoms. The molecule has 33 heavy (non-hydrogen) atoms. The van der Waals surface area contributed by atoms with Crippen LogP contribution in [0.25, 0.3) is 0 Å². The summed E-state index contributed by atoms with van der Waals surface area (Å²) in [5.41, 5.74) is 5.43. The molecule has 3 unspecified atom stereocenters. The lowest BCUT2D eigenvalue weighted by molar-refractivity contribution is -0.116. The largest absolute Gasteiger partial charge is 0.508 e. The first-order valence-corrected chi connectivity index (χ1v) is 12.8. The van der Waals surface area contributed by atoms with Gasteiger partial charge in [0.15, 0.2) is 5.13 Å².